The van der Waals surface area contributed by atoms with E-state index in [1.807, 2.05) is 30.3 Å². The van der Waals surface area contributed by atoms with Crippen LogP contribution in [0.15, 0.2) is 79.1 Å². The Balaban J connectivity index is 1.82. The molecule has 4 rings (SSSR count). The summed E-state index contributed by atoms with van der Waals surface area (Å²) >= 11 is 0. The second-order valence-electron chi connectivity index (χ2n) is 6.54. The summed E-state index contributed by atoms with van der Waals surface area (Å²) in [7, 11) is -5.53. The zero-order valence-corrected chi connectivity index (χ0v) is 16.6. The van der Waals surface area contributed by atoms with Crippen LogP contribution in [0.1, 0.15) is 0 Å². The van der Waals surface area contributed by atoms with Crippen LogP contribution < -0.4 is 4.72 Å². The molecule has 10 heteroatoms. The van der Waals surface area contributed by atoms with E-state index in [-0.39, 0.29) is 5.69 Å². The van der Waals surface area contributed by atoms with E-state index in [9.17, 15) is 21.6 Å². The van der Waals surface area contributed by atoms with E-state index in [0.29, 0.717) is 22.8 Å². The Hall–Kier alpha value is -3.66. The van der Waals surface area contributed by atoms with Crippen molar-refractivity contribution in [3.8, 4) is 33.9 Å². The molecule has 2 aromatic heterocycles. The van der Waals surface area contributed by atoms with Crippen molar-refractivity contribution in [2.75, 3.05) is 4.72 Å². The Bertz CT molecular complexity index is 1310. The molecule has 0 saturated carbocycles. The van der Waals surface area contributed by atoms with Gasteiger partial charge in [0, 0.05) is 34.8 Å². The van der Waals surface area contributed by atoms with Gasteiger partial charge in [-0.2, -0.15) is 21.6 Å². The zero-order valence-electron chi connectivity index (χ0n) is 15.8. The van der Waals surface area contributed by atoms with Crippen molar-refractivity contribution in [2.24, 2.45) is 0 Å². The van der Waals surface area contributed by atoms with Gasteiger partial charge in [-0.05, 0) is 24.3 Å². The number of hydrogen-bond donors (Lipinski definition) is 2. The smallest absolute Gasteiger partial charge is 0.337 e. The first-order chi connectivity index (χ1) is 14.7. The fourth-order valence-electron chi connectivity index (χ4n) is 2.98. The van der Waals surface area contributed by atoms with Crippen LogP contribution in [0.5, 0.6) is 0 Å². The van der Waals surface area contributed by atoms with Crippen molar-refractivity contribution < 1.29 is 21.6 Å². The van der Waals surface area contributed by atoms with E-state index in [1.165, 1.54) is 18.2 Å². The number of nitrogens with zero attached hydrogens (tertiary/aromatic N) is 2. The monoisotopic (exact) mass is 444 g/mol. The van der Waals surface area contributed by atoms with Crippen molar-refractivity contribution in [3.63, 3.8) is 0 Å². The number of hydrogen-bond acceptors (Lipinski definition) is 4. The summed E-state index contributed by atoms with van der Waals surface area (Å²) in [6.45, 7) is 0. The predicted molar refractivity (Wildman–Crippen MR) is 111 cm³/mol. The third-order valence-corrected chi connectivity index (χ3v) is 5.53. The highest BCUT2D eigenvalue weighted by atomic mass is 32.2. The number of anilines is 1. The van der Waals surface area contributed by atoms with E-state index < -0.39 is 15.5 Å². The maximum atomic E-state index is 12.7. The molecular weight excluding hydrogens is 429 g/mol. The molecule has 0 spiro atoms. The first-order valence-electron chi connectivity index (χ1n) is 9.00. The molecule has 2 heterocycles. The first-order valence-corrected chi connectivity index (χ1v) is 10.5. The molecule has 0 aliphatic carbocycles. The van der Waals surface area contributed by atoms with E-state index in [0.717, 1.165) is 11.1 Å². The molecule has 0 saturated heterocycles. The number of rotatable bonds is 5. The van der Waals surface area contributed by atoms with Crippen molar-refractivity contribution in [1.82, 2.24) is 15.0 Å². The zero-order chi connectivity index (χ0) is 22.1. The van der Waals surface area contributed by atoms with Gasteiger partial charge in [0.1, 0.15) is 5.82 Å². The van der Waals surface area contributed by atoms with Crippen LogP contribution in [0.2, 0.25) is 0 Å². The standard InChI is InChI=1S/C21H15F3N4O2S/c22-21(23,24)31(29,30)28-17-8-4-7-16(13-17)19-18(14-9-11-25-12-10-14)26-20(27-19)15-5-2-1-3-6-15/h1-13,28H,(H,26,27). The summed E-state index contributed by atoms with van der Waals surface area (Å²) < 4.78 is 62.8. The van der Waals surface area contributed by atoms with E-state index in [2.05, 4.69) is 15.0 Å². The molecule has 0 atom stereocenters. The number of alkyl halides is 3. The van der Waals surface area contributed by atoms with Crippen LogP contribution in [-0.4, -0.2) is 28.9 Å². The number of pyridine rings is 1. The SMILES string of the molecule is O=S(=O)(Nc1cccc(-c2[nH]c(-c3ccccc3)nc2-c2ccncc2)c1)C(F)(F)F. The molecule has 0 fully saturated rings. The normalized spacial score (nSPS) is 12.0. The minimum Gasteiger partial charge on any atom is -0.337 e. The highest BCUT2D eigenvalue weighted by Crippen LogP contribution is 2.34. The summed E-state index contributed by atoms with van der Waals surface area (Å²) in [4.78, 5) is 11.9. The van der Waals surface area contributed by atoms with Crippen LogP contribution in [0.25, 0.3) is 33.9 Å². The number of aromatic amines is 1. The highest BCUT2D eigenvalue weighted by molar-refractivity contribution is 7.93. The largest absolute Gasteiger partial charge is 0.516 e. The van der Waals surface area contributed by atoms with Gasteiger partial charge in [-0.1, -0.05) is 42.5 Å². The Kier molecular flexibility index (Phi) is 5.24. The topological polar surface area (TPSA) is 87.7 Å². The summed E-state index contributed by atoms with van der Waals surface area (Å²) in [6.07, 6.45) is 3.20. The lowest BCUT2D eigenvalue weighted by atomic mass is 10.1. The molecule has 0 amide bonds. The van der Waals surface area contributed by atoms with E-state index >= 15 is 0 Å². The van der Waals surface area contributed by atoms with Gasteiger partial charge in [0.15, 0.2) is 0 Å². The average molecular weight is 444 g/mol. The lowest BCUT2D eigenvalue weighted by Gasteiger charge is -2.11. The van der Waals surface area contributed by atoms with Crippen LogP contribution in [0.4, 0.5) is 18.9 Å². The third kappa shape index (κ3) is 4.29. The van der Waals surface area contributed by atoms with Crippen LogP contribution >= 0.6 is 0 Å². The Morgan fingerprint density at radius 3 is 2.19 bits per heavy atom. The van der Waals surface area contributed by atoms with Crippen molar-refractivity contribution in [1.29, 1.82) is 0 Å². The first kappa shape index (κ1) is 20.6. The van der Waals surface area contributed by atoms with Gasteiger partial charge >= 0.3 is 15.5 Å². The van der Waals surface area contributed by atoms with Gasteiger partial charge < -0.3 is 4.98 Å². The van der Waals surface area contributed by atoms with Gasteiger partial charge in [0.2, 0.25) is 0 Å². The fraction of sp³-hybridized carbons (Fsp3) is 0.0476. The van der Waals surface area contributed by atoms with Crippen LogP contribution in [0.3, 0.4) is 0 Å². The molecule has 2 aromatic carbocycles. The number of nitrogens with one attached hydrogen (secondary N) is 2. The van der Waals surface area contributed by atoms with Crippen molar-refractivity contribution in [3.05, 3.63) is 79.1 Å². The maximum Gasteiger partial charge on any atom is 0.516 e. The number of halogens is 3. The number of aromatic nitrogens is 3. The number of benzene rings is 2. The van der Waals surface area contributed by atoms with Crippen LogP contribution in [0, 0.1) is 0 Å². The van der Waals surface area contributed by atoms with Gasteiger partial charge in [-0.3, -0.25) is 9.71 Å². The third-order valence-electron chi connectivity index (χ3n) is 4.41. The van der Waals surface area contributed by atoms with Gasteiger partial charge in [0.25, 0.3) is 0 Å². The molecule has 0 aliphatic heterocycles. The second-order valence-corrected chi connectivity index (χ2v) is 8.22. The minimum absolute atomic E-state index is 0.216. The van der Waals surface area contributed by atoms with E-state index in [4.69, 9.17) is 0 Å². The van der Waals surface area contributed by atoms with Gasteiger partial charge in [-0.25, -0.2) is 4.98 Å². The molecule has 2 N–H and O–H groups in total. The molecule has 6 nitrogen and oxygen atoms in total. The molecular formula is C21H15F3N4O2S. The second kappa shape index (κ2) is 7.88. The summed E-state index contributed by atoms with van der Waals surface area (Å²) in [6, 6.07) is 18.5. The molecule has 0 aliphatic rings. The predicted octanol–water partition coefficient (Wildman–Crippen LogP) is 5.07. The van der Waals surface area contributed by atoms with Gasteiger partial charge in [0.05, 0.1) is 11.4 Å². The summed E-state index contributed by atoms with van der Waals surface area (Å²) in [5, 5.41) is 0. The molecule has 0 radical (unpaired) electrons. The lowest BCUT2D eigenvalue weighted by molar-refractivity contribution is -0.0429. The average Bonchev–Trinajstić information content (AvgIpc) is 3.20. The molecule has 31 heavy (non-hydrogen) atoms. The number of imidazole rings is 1. The Labute approximate surface area is 175 Å². The molecule has 4 aromatic rings. The summed E-state index contributed by atoms with van der Waals surface area (Å²) in [5.41, 5.74) is -2.53. The molecule has 0 bridgehead atoms. The fourth-order valence-corrected chi connectivity index (χ4v) is 3.54. The Morgan fingerprint density at radius 2 is 1.52 bits per heavy atom. The van der Waals surface area contributed by atoms with Crippen molar-refractivity contribution >= 4 is 15.7 Å². The molecule has 158 valence electrons. The molecule has 0 unspecified atom stereocenters. The van der Waals surface area contributed by atoms with Crippen LogP contribution in [-0.2, 0) is 10.0 Å². The minimum atomic E-state index is -5.53. The number of sulfonamides is 1. The van der Waals surface area contributed by atoms with Gasteiger partial charge in [-0.15, -0.1) is 0 Å². The Morgan fingerprint density at radius 1 is 0.839 bits per heavy atom. The number of H-pyrrole nitrogens is 1. The van der Waals surface area contributed by atoms with E-state index in [1.54, 1.807) is 35.3 Å². The lowest BCUT2D eigenvalue weighted by Crippen LogP contribution is -2.29. The quantitative estimate of drug-likeness (QED) is 0.450. The van der Waals surface area contributed by atoms with Crippen molar-refractivity contribution in [2.45, 2.75) is 5.51 Å². The highest BCUT2D eigenvalue weighted by Gasteiger charge is 2.46. The summed E-state index contributed by atoms with van der Waals surface area (Å²) in [5.74, 6) is 0.559. The maximum absolute atomic E-state index is 12.7.